The number of likely N-dealkylation sites (tertiary alicyclic amines) is 1. The van der Waals surface area contributed by atoms with Crippen LogP contribution in [0.15, 0.2) is 24.3 Å². The van der Waals surface area contributed by atoms with Gasteiger partial charge in [-0.05, 0) is 38.6 Å². The highest BCUT2D eigenvalue weighted by atomic mass is 16.5. The summed E-state index contributed by atoms with van der Waals surface area (Å²) in [5.41, 5.74) is 6.64. The third-order valence-corrected chi connectivity index (χ3v) is 3.26. The van der Waals surface area contributed by atoms with E-state index in [1.165, 1.54) is 6.42 Å². The zero-order valence-electron chi connectivity index (χ0n) is 10.1. The van der Waals surface area contributed by atoms with Crippen molar-refractivity contribution in [2.45, 2.75) is 18.9 Å². The van der Waals surface area contributed by atoms with Gasteiger partial charge in [-0.1, -0.05) is 12.1 Å². The Morgan fingerprint density at radius 1 is 1.53 bits per heavy atom. The van der Waals surface area contributed by atoms with Crippen LogP contribution in [0.3, 0.4) is 0 Å². The first-order chi connectivity index (χ1) is 8.18. The number of hydrogen-bond donors (Lipinski definition) is 1. The van der Waals surface area contributed by atoms with Crippen LogP contribution in [0.1, 0.15) is 23.2 Å². The summed E-state index contributed by atoms with van der Waals surface area (Å²) < 4.78 is 5.30. The van der Waals surface area contributed by atoms with Gasteiger partial charge in [-0.25, -0.2) is 4.79 Å². The van der Waals surface area contributed by atoms with E-state index in [1.54, 1.807) is 24.3 Å². The van der Waals surface area contributed by atoms with Gasteiger partial charge in [-0.3, -0.25) is 0 Å². The molecule has 0 spiro atoms. The fraction of sp³-hybridized carbons (Fsp3) is 0.462. The number of nitrogens with two attached hydrogens (primary N) is 1. The lowest BCUT2D eigenvalue weighted by molar-refractivity contribution is 0.0417. The molecule has 0 aromatic heterocycles. The number of nitrogens with zero attached hydrogens (tertiary/aromatic N) is 1. The number of esters is 1. The average Bonchev–Trinajstić information content (AvgIpc) is 2.72. The molecule has 1 aliphatic rings. The molecule has 1 aromatic rings. The molecule has 4 nitrogen and oxygen atoms in total. The van der Waals surface area contributed by atoms with Crippen LogP contribution in [0.2, 0.25) is 0 Å². The van der Waals surface area contributed by atoms with Gasteiger partial charge in [0.1, 0.15) is 6.61 Å². The minimum Gasteiger partial charge on any atom is -0.460 e. The molecule has 1 aromatic carbocycles. The number of para-hydroxylation sites is 1. The Morgan fingerprint density at radius 3 is 2.94 bits per heavy atom. The van der Waals surface area contributed by atoms with Crippen LogP contribution in [0.5, 0.6) is 0 Å². The number of ether oxygens (including phenoxy) is 1. The van der Waals surface area contributed by atoms with E-state index >= 15 is 0 Å². The van der Waals surface area contributed by atoms with Gasteiger partial charge in [0.15, 0.2) is 0 Å². The van der Waals surface area contributed by atoms with E-state index < -0.39 is 0 Å². The van der Waals surface area contributed by atoms with Gasteiger partial charge in [-0.2, -0.15) is 0 Å². The monoisotopic (exact) mass is 234 g/mol. The maximum Gasteiger partial charge on any atom is 0.340 e. The number of carbonyl (C=O) groups excluding carboxylic acids is 1. The summed E-state index contributed by atoms with van der Waals surface area (Å²) in [7, 11) is 2.06. The third kappa shape index (κ3) is 2.77. The number of likely N-dealkylation sites (N-methyl/N-ethyl adjacent to an activating group) is 1. The average molecular weight is 234 g/mol. The van der Waals surface area contributed by atoms with E-state index in [1.807, 2.05) is 0 Å². The summed E-state index contributed by atoms with van der Waals surface area (Å²) in [6, 6.07) is 7.34. The highest BCUT2D eigenvalue weighted by molar-refractivity contribution is 5.94. The van der Waals surface area contributed by atoms with Crippen LogP contribution < -0.4 is 5.73 Å². The summed E-state index contributed by atoms with van der Waals surface area (Å²) >= 11 is 0. The van der Waals surface area contributed by atoms with E-state index in [0.717, 1.165) is 13.0 Å². The number of rotatable bonds is 3. The van der Waals surface area contributed by atoms with Gasteiger partial charge in [0.2, 0.25) is 0 Å². The minimum absolute atomic E-state index is 0.330. The molecule has 92 valence electrons. The normalized spacial score (nSPS) is 20.4. The molecule has 1 unspecified atom stereocenters. The lowest BCUT2D eigenvalue weighted by atomic mass is 10.2. The Hall–Kier alpha value is -1.55. The van der Waals surface area contributed by atoms with E-state index in [4.69, 9.17) is 10.5 Å². The van der Waals surface area contributed by atoms with Gasteiger partial charge < -0.3 is 15.4 Å². The van der Waals surface area contributed by atoms with Crippen molar-refractivity contribution in [3.05, 3.63) is 29.8 Å². The molecule has 2 N–H and O–H groups in total. The number of hydrogen-bond acceptors (Lipinski definition) is 4. The van der Waals surface area contributed by atoms with Crippen molar-refractivity contribution in [3.63, 3.8) is 0 Å². The van der Waals surface area contributed by atoms with Crippen LogP contribution in [0.4, 0.5) is 5.69 Å². The molecule has 0 radical (unpaired) electrons. The Bertz CT molecular complexity index is 406. The maximum atomic E-state index is 11.8. The molecule has 2 rings (SSSR count). The predicted octanol–water partition coefficient (Wildman–Crippen LogP) is 1.52. The Kier molecular flexibility index (Phi) is 3.64. The molecule has 1 saturated heterocycles. The first kappa shape index (κ1) is 11.9. The molecule has 0 saturated carbocycles. The highest BCUT2D eigenvalue weighted by Crippen LogP contribution is 2.17. The molecule has 1 fully saturated rings. The van der Waals surface area contributed by atoms with E-state index in [9.17, 15) is 4.79 Å². The van der Waals surface area contributed by atoms with E-state index in [0.29, 0.717) is 23.9 Å². The summed E-state index contributed by atoms with van der Waals surface area (Å²) in [4.78, 5) is 14.0. The maximum absolute atomic E-state index is 11.8. The van der Waals surface area contributed by atoms with Gasteiger partial charge in [0.05, 0.1) is 5.56 Å². The fourth-order valence-corrected chi connectivity index (χ4v) is 2.12. The van der Waals surface area contributed by atoms with Gasteiger partial charge in [-0.15, -0.1) is 0 Å². The predicted molar refractivity (Wildman–Crippen MR) is 66.8 cm³/mol. The molecule has 17 heavy (non-hydrogen) atoms. The second-order valence-corrected chi connectivity index (χ2v) is 4.46. The van der Waals surface area contributed by atoms with E-state index in [-0.39, 0.29) is 5.97 Å². The first-order valence-corrected chi connectivity index (χ1v) is 5.90. The Balaban J connectivity index is 1.91. The van der Waals surface area contributed by atoms with Crippen LogP contribution in [0.25, 0.3) is 0 Å². The SMILES string of the molecule is CN1CCCC1COC(=O)c1ccccc1N. The molecule has 0 bridgehead atoms. The van der Waals surface area contributed by atoms with Crippen molar-refractivity contribution in [2.24, 2.45) is 0 Å². The van der Waals surface area contributed by atoms with Crippen molar-refractivity contribution in [3.8, 4) is 0 Å². The van der Waals surface area contributed by atoms with Crippen LogP contribution in [-0.4, -0.2) is 37.1 Å². The second kappa shape index (κ2) is 5.19. The second-order valence-electron chi connectivity index (χ2n) is 4.46. The van der Waals surface area contributed by atoms with Gasteiger partial charge >= 0.3 is 5.97 Å². The molecule has 1 heterocycles. The van der Waals surface area contributed by atoms with E-state index in [2.05, 4.69) is 11.9 Å². The van der Waals surface area contributed by atoms with Crippen molar-refractivity contribution in [2.75, 3.05) is 25.9 Å². The van der Waals surface area contributed by atoms with Gasteiger partial charge in [0, 0.05) is 11.7 Å². The summed E-state index contributed by atoms with van der Waals surface area (Å²) in [6.45, 7) is 1.53. The summed E-state index contributed by atoms with van der Waals surface area (Å²) in [5.74, 6) is -0.330. The molecule has 1 aliphatic heterocycles. The molecule has 0 amide bonds. The van der Waals surface area contributed by atoms with Crippen LogP contribution in [0, 0.1) is 0 Å². The Labute approximate surface area is 101 Å². The topological polar surface area (TPSA) is 55.6 Å². The smallest absolute Gasteiger partial charge is 0.340 e. The highest BCUT2D eigenvalue weighted by Gasteiger charge is 2.22. The van der Waals surface area contributed by atoms with Crippen LogP contribution in [-0.2, 0) is 4.74 Å². The minimum atomic E-state index is -0.330. The Morgan fingerprint density at radius 2 is 2.29 bits per heavy atom. The largest absolute Gasteiger partial charge is 0.460 e. The van der Waals surface area contributed by atoms with Crippen molar-refractivity contribution >= 4 is 11.7 Å². The third-order valence-electron chi connectivity index (χ3n) is 3.26. The number of benzene rings is 1. The standard InChI is InChI=1S/C13H18N2O2/c1-15-8-4-5-10(15)9-17-13(16)11-6-2-3-7-12(11)14/h2-3,6-7,10H,4-5,8-9,14H2,1H3. The molecule has 0 aliphatic carbocycles. The van der Waals surface area contributed by atoms with Crippen molar-refractivity contribution in [1.29, 1.82) is 0 Å². The molecular formula is C13H18N2O2. The number of anilines is 1. The lowest BCUT2D eigenvalue weighted by Gasteiger charge is -2.19. The van der Waals surface area contributed by atoms with Crippen molar-refractivity contribution in [1.82, 2.24) is 4.90 Å². The molecular weight excluding hydrogens is 216 g/mol. The van der Waals surface area contributed by atoms with Crippen LogP contribution >= 0.6 is 0 Å². The fourth-order valence-electron chi connectivity index (χ4n) is 2.12. The van der Waals surface area contributed by atoms with Crippen molar-refractivity contribution < 1.29 is 9.53 Å². The lowest BCUT2D eigenvalue weighted by Crippen LogP contribution is -2.30. The zero-order chi connectivity index (χ0) is 12.3. The quantitative estimate of drug-likeness (QED) is 0.636. The zero-order valence-corrected chi connectivity index (χ0v) is 10.1. The molecule has 1 atom stereocenters. The summed E-state index contributed by atoms with van der Waals surface area (Å²) in [5, 5.41) is 0. The first-order valence-electron chi connectivity index (χ1n) is 5.90. The summed E-state index contributed by atoms with van der Waals surface area (Å²) in [6.07, 6.45) is 2.26. The number of nitrogen functional groups attached to an aromatic ring is 1. The molecule has 4 heteroatoms. The van der Waals surface area contributed by atoms with Gasteiger partial charge in [0.25, 0.3) is 0 Å². The number of carbonyl (C=O) groups is 1.